The van der Waals surface area contributed by atoms with Crippen molar-refractivity contribution in [2.24, 2.45) is 17.6 Å². The highest BCUT2D eigenvalue weighted by Crippen LogP contribution is 2.39. The number of ether oxygens (including phenoxy) is 2. The highest BCUT2D eigenvalue weighted by molar-refractivity contribution is 5.75. The molecule has 0 radical (unpaired) electrons. The third kappa shape index (κ3) is 5.08. The Hall–Kier alpha value is -2.57. The van der Waals surface area contributed by atoms with E-state index in [9.17, 15) is 9.90 Å². The number of likely N-dealkylation sites (tertiary alicyclic amines) is 1. The molecule has 2 aromatic rings. The van der Waals surface area contributed by atoms with Gasteiger partial charge in [-0.25, -0.2) is 0 Å². The van der Waals surface area contributed by atoms with E-state index in [1.807, 2.05) is 48.5 Å². The molecule has 2 aromatic carbocycles. The van der Waals surface area contributed by atoms with Crippen molar-refractivity contribution < 1.29 is 19.4 Å². The summed E-state index contributed by atoms with van der Waals surface area (Å²) < 4.78 is 11.6. The molecule has 154 valence electrons. The fraction of sp³-hybridized carbons (Fsp3) is 0.435. The first kappa shape index (κ1) is 19.7. The Morgan fingerprint density at radius 1 is 1.07 bits per heavy atom. The lowest BCUT2D eigenvalue weighted by Gasteiger charge is -2.20. The molecule has 1 saturated heterocycles. The number of fused-ring (bicyclic) bond motifs is 1. The number of aliphatic hydroxyl groups excluding tert-OH is 1. The molecule has 3 atom stereocenters. The lowest BCUT2D eigenvalue weighted by Crippen LogP contribution is -2.24. The maximum absolute atomic E-state index is 11.2. The molecular formula is C23H28N2O4. The van der Waals surface area contributed by atoms with Crippen molar-refractivity contribution in [1.29, 1.82) is 0 Å². The quantitative estimate of drug-likeness (QED) is 0.715. The Morgan fingerprint density at radius 3 is 2.48 bits per heavy atom. The maximum Gasteiger partial charge on any atom is 0.255 e. The summed E-state index contributed by atoms with van der Waals surface area (Å²) in [6.07, 6.45) is 1.65. The van der Waals surface area contributed by atoms with Crippen LogP contribution in [0.5, 0.6) is 11.5 Å². The van der Waals surface area contributed by atoms with Crippen molar-refractivity contribution in [2.75, 3.05) is 19.7 Å². The third-order valence-electron chi connectivity index (χ3n) is 5.85. The topological polar surface area (TPSA) is 85.0 Å². The normalized spacial score (nSPS) is 23.7. The number of benzene rings is 2. The molecule has 1 aliphatic heterocycles. The second-order valence-corrected chi connectivity index (χ2v) is 8.14. The number of carbonyl (C=O) groups excluding carboxylic acids is 1. The minimum atomic E-state index is -0.495. The minimum Gasteiger partial charge on any atom is -0.489 e. The summed E-state index contributed by atoms with van der Waals surface area (Å²) in [6.45, 7) is 3.03. The molecule has 6 heteroatoms. The van der Waals surface area contributed by atoms with E-state index < -0.39 is 5.91 Å². The number of nitrogens with two attached hydrogens (primary N) is 1. The van der Waals surface area contributed by atoms with Crippen LogP contribution >= 0.6 is 0 Å². The van der Waals surface area contributed by atoms with Crippen LogP contribution in [0.2, 0.25) is 0 Å². The van der Waals surface area contributed by atoms with Gasteiger partial charge in [-0.05, 0) is 48.4 Å². The number of hydrogen-bond acceptors (Lipinski definition) is 5. The van der Waals surface area contributed by atoms with Crippen LogP contribution in [-0.2, 0) is 17.9 Å². The molecule has 0 spiro atoms. The van der Waals surface area contributed by atoms with Crippen LogP contribution in [0.1, 0.15) is 24.0 Å². The van der Waals surface area contributed by atoms with Crippen LogP contribution in [0.25, 0.3) is 0 Å². The fourth-order valence-electron chi connectivity index (χ4n) is 4.53. The average Bonchev–Trinajstić information content (AvgIpc) is 3.23. The lowest BCUT2D eigenvalue weighted by atomic mass is 10.0. The maximum atomic E-state index is 11.2. The van der Waals surface area contributed by atoms with E-state index in [2.05, 4.69) is 4.90 Å². The zero-order valence-corrected chi connectivity index (χ0v) is 16.5. The first-order valence-electron chi connectivity index (χ1n) is 10.2. The third-order valence-corrected chi connectivity index (χ3v) is 5.85. The number of nitrogens with zero attached hydrogens (tertiary/aromatic N) is 1. The van der Waals surface area contributed by atoms with E-state index in [0.717, 1.165) is 49.4 Å². The van der Waals surface area contributed by atoms with E-state index in [0.29, 0.717) is 24.2 Å². The molecule has 3 N–H and O–H groups in total. The van der Waals surface area contributed by atoms with Gasteiger partial charge in [0.2, 0.25) is 0 Å². The number of amides is 1. The van der Waals surface area contributed by atoms with Crippen LogP contribution in [0.15, 0.2) is 48.5 Å². The molecule has 1 unspecified atom stereocenters. The lowest BCUT2D eigenvalue weighted by molar-refractivity contribution is -0.119. The van der Waals surface area contributed by atoms with E-state index in [-0.39, 0.29) is 12.7 Å². The second-order valence-electron chi connectivity index (χ2n) is 8.14. The Morgan fingerprint density at radius 2 is 1.79 bits per heavy atom. The van der Waals surface area contributed by atoms with Gasteiger partial charge < -0.3 is 20.3 Å². The zero-order valence-electron chi connectivity index (χ0n) is 16.5. The molecule has 6 nitrogen and oxygen atoms in total. The highest BCUT2D eigenvalue weighted by Gasteiger charge is 2.40. The molecule has 1 heterocycles. The largest absolute Gasteiger partial charge is 0.489 e. The predicted octanol–water partition coefficient (Wildman–Crippen LogP) is 2.33. The number of aliphatic hydroxyl groups is 1. The van der Waals surface area contributed by atoms with Crippen LogP contribution in [0, 0.1) is 11.8 Å². The van der Waals surface area contributed by atoms with Gasteiger partial charge in [-0.3, -0.25) is 9.69 Å². The van der Waals surface area contributed by atoms with Crippen molar-refractivity contribution in [3.63, 3.8) is 0 Å². The summed E-state index contributed by atoms with van der Waals surface area (Å²) in [5.41, 5.74) is 7.34. The molecule has 29 heavy (non-hydrogen) atoms. The molecule has 0 aromatic heterocycles. The number of hydrogen-bond donors (Lipinski definition) is 2. The van der Waals surface area contributed by atoms with Crippen LogP contribution in [0.3, 0.4) is 0 Å². The van der Waals surface area contributed by atoms with Crippen molar-refractivity contribution in [1.82, 2.24) is 4.90 Å². The van der Waals surface area contributed by atoms with Gasteiger partial charge >= 0.3 is 0 Å². The SMILES string of the molecule is NC(=O)COc1ccc(OCc2ccccc2)cc1CN1C[C@H]2CC(O)C[C@H]2C1. The summed E-state index contributed by atoms with van der Waals surface area (Å²) >= 11 is 0. The highest BCUT2D eigenvalue weighted by atomic mass is 16.5. The van der Waals surface area contributed by atoms with Crippen LogP contribution < -0.4 is 15.2 Å². The monoisotopic (exact) mass is 396 g/mol. The van der Waals surface area contributed by atoms with Gasteiger partial charge in [-0.15, -0.1) is 0 Å². The molecule has 1 amide bonds. The van der Waals surface area contributed by atoms with Gasteiger partial charge in [0.25, 0.3) is 5.91 Å². The number of primary amides is 1. The van der Waals surface area contributed by atoms with Crippen molar-refractivity contribution in [3.8, 4) is 11.5 Å². The fourth-order valence-corrected chi connectivity index (χ4v) is 4.53. The van der Waals surface area contributed by atoms with Gasteiger partial charge in [-0.1, -0.05) is 30.3 Å². The van der Waals surface area contributed by atoms with Gasteiger partial charge in [0.15, 0.2) is 6.61 Å². The molecule has 4 rings (SSSR count). The first-order valence-corrected chi connectivity index (χ1v) is 10.2. The van der Waals surface area contributed by atoms with Gasteiger partial charge in [0.1, 0.15) is 18.1 Å². The van der Waals surface area contributed by atoms with Gasteiger partial charge in [0.05, 0.1) is 6.10 Å². The van der Waals surface area contributed by atoms with Crippen molar-refractivity contribution in [2.45, 2.75) is 32.1 Å². The predicted molar refractivity (Wildman–Crippen MR) is 109 cm³/mol. The smallest absolute Gasteiger partial charge is 0.255 e. The minimum absolute atomic E-state index is 0.142. The Bertz CT molecular complexity index is 828. The second kappa shape index (κ2) is 8.84. The molecule has 2 fully saturated rings. The summed E-state index contributed by atoms with van der Waals surface area (Å²) in [5.74, 6) is 2.07. The van der Waals surface area contributed by atoms with Gasteiger partial charge in [-0.2, -0.15) is 0 Å². The summed E-state index contributed by atoms with van der Waals surface area (Å²) in [7, 11) is 0. The van der Waals surface area contributed by atoms with Crippen molar-refractivity contribution >= 4 is 5.91 Å². The summed E-state index contributed by atoms with van der Waals surface area (Å²) in [4.78, 5) is 13.6. The standard InChI is InChI=1S/C23H28N2O4/c24-23(27)15-29-22-7-6-21(28-14-16-4-2-1-3-5-16)10-19(22)13-25-11-17-8-20(26)9-18(17)12-25/h1-7,10,17-18,20,26H,8-9,11-15H2,(H2,24,27)/t17-,18+,20?. The average molecular weight is 396 g/mol. The van der Waals surface area contributed by atoms with Crippen LogP contribution in [-0.4, -0.2) is 41.7 Å². The first-order chi connectivity index (χ1) is 14.1. The summed E-state index contributed by atoms with van der Waals surface area (Å²) in [5, 5.41) is 9.87. The molecule has 1 saturated carbocycles. The van der Waals surface area contributed by atoms with Crippen molar-refractivity contribution in [3.05, 3.63) is 59.7 Å². The molecular weight excluding hydrogens is 368 g/mol. The van der Waals surface area contributed by atoms with E-state index in [1.165, 1.54) is 0 Å². The van der Waals surface area contributed by atoms with E-state index in [1.54, 1.807) is 0 Å². The summed E-state index contributed by atoms with van der Waals surface area (Å²) in [6, 6.07) is 15.7. The van der Waals surface area contributed by atoms with Crippen LogP contribution in [0.4, 0.5) is 0 Å². The Balaban J connectivity index is 1.45. The Labute approximate surface area is 171 Å². The van der Waals surface area contributed by atoms with E-state index >= 15 is 0 Å². The number of carbonyl (C=O) groups is 1. The van der Waals surface area contributed by atoms with E-state index in [4.69, 9.17) is 15.2 Å². The number of rotatable bonds is 8. The molecule has 1 aliphatic carbocycles. The zero-order chi connectivity index (χ0) is 20.2. The Kier molecular flexibility index (Phi) is 6.02. The van der Waals surface area contributed by atoms with Gasteiger partial charge in [0, 0.05) is 25.2 Å². The molecule has 0 bridgehead atoms. The molecule has 2 aliphatic rings.